The largest absolute Gasteiger partial charge is 0.488 e. The summed E-state index contributed by atoms with van der Waals surface area (Å²) in [4.78, 5) is 24.4. The summed E-state index contributed by atoms with van der Waals surface area (Å²) in [6.45, 7) is 0.703. The van der Waals surface area contributed by atoms with Gasteiger partial charge in [-0.3, -0.25) is 9.59 Å². The fourth-order valence-electron chi connectivity index (χ4n) is 4.09. The van der Waals surface area contributed by atoms with Gasteiger partial charge in [-0.1, -0.05) is 42.8 Å². The van der Waals surface area contributed by atoms with Gasteiger partial charge in [0.25, 0.3) is 11.8 Å². The molecule has 2 amide bonds. The molecular weight excluding hydrogens is 407 g/mol. The normalized spacial score (nSPS) is 14.3. The maximum atomic E-state index is 13.3. The molecule has 3 aromatic rings. The van der Waals surface area contributed by atoms with Crippen molar-refractivity contribution < 1.29 is 18.7 Å². The molecule has 164 valence electrons. The number of hydrogen-bond donors (Lipinski definition) is 2. The highest BCUT2D eigenvalue weighted by atomic mass is 19.1. The fraction of sp³-hybridized carbons (Fsp3) is 0.231. The van der Waals surface area contributed by atoms with Crippen LogP contribution in [0.15, 0.2) is 72.8 Å². The molecule has 1 aliphatic carbocycles. The van der Waals surface area contributed by atoms with Gasteiger partial charge in [-0.15, -0.1) is 0 Å². The first-order valence-corrected chi connectivity index (χ1v) is 10.6. The number of benzene rings is 3. The fourth-order valence-corrected chi connectivity index (χ4v) is 4.09. The second kappa shape index (κ2) is 9.22. The van der Waals surface area contributed by atoms with Crippen LogP contribution in [0.3, 0.4) is 0 Å². The van der Waals surface area contributed by atoms with E-state index in [1.165, 1.54) is 12.1 Å². The molecule has 5 nitrogen and oxygen atoms in total. The quantitative estimate of drug-likeness (QED) is 0.555. The zero-order chi connectivity index (χ0) is 22.6. The lowest BCUT2D eigenvalue weighted by molar-refractivity contribution is 0.0927. The van der Waals surface area contributed by atoms with Gasteiger partial charge in [0.2, 0.25) is 0 Å². The Bertz CT molecular complexity index is 1120. The van der Waals surface area contributed by atoms with Gasteiger partial charge in [0.05, 0.1) is 5.56 Å². The summed E-state index contributed by atoms with van der Waals surface area (Å²) in [6, 6.07) is 20.5. The highest BCUT2D eigenvalue weighted by Crippen LogP contribution is 2.43. The third kappa shape index (κ3) is 4.64. The first-order valence-electron chi connectivity index (χ1n) is 10.6. The Kier molecular flexibility index (Phi) is 6.21. The summed E-state index contributed by atoms with van der Waals surface area (Å²) in [5.41, 5.74) is 7.95. The van der Waals surface area contributed by atoms with E-state index in [0.717, 1.165) is 30.4 Å². The van der Waals surface area contributed by atoms with E-state index in [9.17, 15) is 14.0 Å². The van der Waals surface area contributed by atoms with E-state index in [0.29, 0.717) is 23.4 Å². The van der Waals surface area contributed by atoms with Gasteiger partial charge in [0.15, 0.2) is 0 Å². The molecule has 0 atom stereocenters. The van der Waals surface area contributed by atoms with Crippen molar-refractivity contribution in [2.45, 2.75) is 31.3 Å². The Morgan fingerprint density at radius 2 is 1.75 bits per heavy atom. The lowest BCUT2D eigenvalue weighted by Gasteiger charge is -2.42. The van der Waals surface area contributed by atoms with Crippen molar-refractivity contribution in [3.8, 4) is 5.75 Å². The number of ether oxygens (including phenoxy) is 1. The SMILES string of the molecule is NC(=O)c1ccccc1OCc1cccc(C(=O)NCC2(c3ccc(F)cc3)CCC2)c1. The Balaban J connectivity index is 1.40. The minimum absolute atomic E-state index is 0.136. The van der Waals surface area contributed by atoms with E-state index < -0.39 is 5.91 Å². The third-order valence-electron chi connectivity index (χ3n) is 6.09. The number of para-hydroxylation sites is 1. The molecule has 0 bridgehead atoms. The Morgan fingerprint density at radius 1 is 1.00 bits per heavy atom. The van der Waals surface area contributed by atoms with Crippen LogP contribution in [0.1, 0.15) is 51.1 Å². The predicted molar refractivity (Wildman–Crippen MR) is 120 cm³/mol. The number of amides is 2. The molecule has 1 fully saturated rings. The van der Waals surface area contributed by atoms with Crippen LogP contribution in [0.25, 0.3) is 0 Å². The second-order valence-corrected chi connectivity index (χ2v) is 8.17. The van der Waals surface area contributed by atoms with Crippen molar-refractivity contribution in [2.75, 3.05) is 6.54 Å². The van der Waals surface area contributed by atoms with E-state index in [1.54, 1.807) is 42.5 Å². The number of nitrogens with two attached hydrogens (primary N) is 1. The highest BCUT2D eigenvalue weighted by Gasteiger charge is 2.38. The molecule has 0 saturated heterocycles. The molecule has 0 aromatic heterocycles. The van der Waals surface area contributed by atoms with Crippen LogP contribution in [0.4, 0.5) is 4.39 Å². The third-order valence-corrected chi connectivity index (χ3v) is 6.09. The summed E-state index contributed by atoms with van der Waals surface area (Å²) >= 11 is 0. The van der Waals surface area contributed by atoms with Crippen molar-refractivity contribution in [3.05, 3.63) is 101 Å². The molecule has 3 aromatic carbocycles. The van der Waals surface area contributed by atoms with Crippen LogP contribution >= 0.6 is 0 Å². The van der Waals surface area contributed by atoms with E-state index in [1.807, 2.05) is 18.2 Å². The molecule has 3 N–H and O–H groups in total. The summed E-state index contributed by atoms with van der Waals surface area (Å²) in [6.07, 6.45) is 3.02. The van der Waals surface area contributed by atoms with Gasteiger partial charge < -0.3 is 15.8 Å². The molecule has 0 spiro atoms. The van der Waals surface area contributed by atoms with Crippen molar-refractivity contribution in [3.63, 3.8) is 0 Å². The molecule has 0 unspecified atom stereocenters. The summed E-state index contributed by atoms with van der Waals surface area (Å²) in [5, 5.41) is 3.05. The van der Waals surface area contributed by atoms with Gasteiger partial charge in [-0.2, -0.15) is 0 Å². The van der Waals surface area contributed by atoms with Crippen LogP contribution in [0.5, 0.6) is 5.75 Å². The van der Waals surface area contributed by atoms with Gasteiger partial charge in [-0.25, -0.2) is 4.39 Å². The number of rotatable bonds is 8. The average Bonchev–Trinajstić information content (AvgIpc) is 2.78. The van der Waals surface area contributed by atoms with Crippen molar-refractivity contribution in [1.82, 2.24) is 5.32 Å². The minimum Gasteiger partial charge on any atom is -0.488 e. The number of hydrogen-bond acceptors (Lipinski definition) is 3. The lowest BCUT2D eigenvalue weighted by atomic mass is 9.64. The lowest BCUT2D eigenvalue weighted by Crippen LogP contribution is -2.45. The van der Waals surface area contributed by atoms with E-state index in [4.69, 9.17) is 10.5 Å². The van der Waals surface area contributed by atoms with Crippen LogP contribution in [-0.2, 0) is 12.0 Å². The Morgan fingerprint density at radius 3 is 2.44 bits per heavy atom. The van der Waals surface area contributed by atoms with Gasteiger partial charge in [0.1, 0.15) is 18.2 Å². The van der Waals surface area contributed by atoms with E-state index >= 15 is 0 Å². The maximum Gasteiger partial charge on any atom is 0.252 e. The van der Waals surface area contributed by atoms with Crippen molar-refractivity contribution >= 4 is 11.8 Å². The zero-order valence-corrected chi connectivity index (χ0v) is 17.6. The zero-order valence-electron chi connectivity index (χ0n) is 17.6. The summed E-state index contributed by atoms with van der Waals surface area (Å²) in [7, 11) is 0. The molecule has 0 heterocycles. The molecule has 1 aliphatic rings. The first-order chi connectivity index (χ1) is 15.5. The number of halogens is 1. The summed E-state index contributed by atoms with van der Waals surface area (Å²) in [5.74, 6) is -0.580. The van der Waals surface area contributed by atoms with Crippen LogP contribution in [-0.4, -0.2) is 18.4 Å². The molecule has 6 heteroatoms. The Labute approximate surface area is 186 Å². The maximum absolute atomic E-state index is 13.3. The van der Waals surface area contributed by atoms with Crippen molar-refractivity contribution in [2.24, 2.45) is 5.73 Å². The number of nitrogens with one attached hydrogen (secondary N) is 1. The second-order valence-electron chi connectivity index (χ2n) is 8.17. The van der Waals surface area contributed by atoms with Crippen molar-refractivity contribution in [1.29, 1.82) is 0 Å². The van der Waals surface area contributed by atoms with Crippen LogP contribution in [0.2, 0.25) is 0 Å². The van der Waals surface area contributed by atoms with Gasteiger partial charge in [-0.05, 0) is 60.4 Å². The first kappa shape index (κ1) is 21.6. The molecule has 0 aliphatic heterocycles. The number of carbonyl (C=O) groups excluding carboxylic acids is 2. The average molecular weight is 432 g/mol. The summed E-state index contributed by atoms with van der Waals surface area (Å²) < 4.78 is 19.1. The van der Waals surface area contributed by atoms with E-state index in [-0.39, 0.29) is 23.7 Å². The van der Waals surface area contributed by atoms with Crippen LogP contribution < -0.4 is 15.8 Å². The number of carbonyl (C=O) groups is 2. The van der Waals surface area contributed by atoms with Gasteiger partial charge >= 0.3 is 0 Å². The minimum atomic E-state index is -0.556. The topological polar surface area (TPSA) is 81.4 Å². The molecule has 0 radical (unpaired) electrons. The molecular formula is C26H25FN2O3. The number of primary amides is 1. The monoisotopic (exact) mass is 432 g/mol. The highest BCUT2D eigenvalue weighted by molar-refractivity contribution is 5.95. The Hall–Kier alpha value is -3.67. The van der Waals surface area contributed by atoms with Crippen LogP contribution in [0, 0.1) is 5.82 Å². The molecule has 32 heavy (non-hydrogen) atoms. The molecule has 4 rings (SSSR count). The van der Waals surface area contributed by atoms with Gasteiger partial charge in [0, 0.05) is 17.5 Å². The smallest absolute Gasteiger partial charge is 0.252 e. The molecule has 1 saturated carbocycles. The predicted octanol–water partition coefficient (Wildman–Crippen LogP) is 4.36. The van der Waals surface area contributed by atoms with E-state index in [2.05, 4.69) is 5.32 Å². The standard InChI is InChI=1S/C26H25FN2O3/c27-21-11-9-20(10-12-21)26(13-4-14-26)17-29-25(31)19-6-3-5-18(15-19)16-32-23-8-2-1-7-22(23)24(28)30/h1-3,5-12,15H,4,13-14,16-17H2,(H2,28,30)(H,29,31).